The molecule has 112 valence electrons. The largest absolute Gasteiger partial charge is 0.495 e. The summed E-state index contributed by atoms with van der Waals surface area (Å²) in [5, 5.41) is 22.1. The molecule has 1 aromatic carbocycles. The third-order valence-electron chi connectivity index (χ3n) is 3.47. The Morgan fingerprint density at radius 3 is 2.95 bits per heavy atom. The molecule has 3 rings (SSSR count). The lowest BCUT2D eigenvalue weighted by Gasteiger charge is -2.10. The molecule has 0 fully saturated rings. The van der Waals surface area contributed by atoms with E-state index in [9.17, 15) is 15.2 Å². The van der Waals surface area contributed by atoms with E-state index in [0.717, 1.165) is 0 Å². The molecule has 7 heteroatoms. The second-order valence-electron chi connectivity index (χ2n) is 4.77. The summed E-state index contributed by atoms with van der Waals surface area (Å²) in [6.45, 7) is 0. The van der Waals surface area contributed by atoms with Gasteiger partial charge in [0.15, 0.2) is 0 Å². The van der Waals surface area contributed by atoms with Crippen molar-refractivity contribution in [2.75, 3.05) is 7.11 Å². The van der Waals surface area contributed by atoms with Crippen LogP contribution in [0.15, 0.2) is 42.7 Å². The van der Waals surface area contributed by atoms with Crippen molar-refractivity contribution in [1.29, 1.82) is 0 Å². The number of benzene rings is 1. The zero-order valence-corrected chi connectivity index (χ0v) is 11.7. The highest BCUT2D eigenvalue weighted by Crippen LogP contribution is 2.31. The summed E-state index contributed by atoms with van der Waals surface area (Å²) >= 11 is 0. The van der Waals surface area contributed by atoms with Gasteiger partial charge in [-0.15, -0.1) is 0 Å². The van der Waals surface area contributed by atoms with Gasteiger partial charge in [0.25, 0.3) is 5.69 Å². The first-order chi connectivity index (χ1) is 10.6. The van der Waals surface area contributed by atoms with E-state index in [1.54, 1.807) is 30.6 Å². The molecule has 0 saturated carbocycles. The van der Waals surface area contributed by atoms with Gasteiger partial charge in [0, 0.05) is 29.3 Å². The molecule has 0 saturated heterocycles. The number of aromatic nitrogens is 2. The van der Waals surface area contributed by atoms with Gasteiger partial charge in [-0.2, -0.15) is 0 Å². The summed E-state index contributed by atoms with van der Waals surface area (Å²) in [4.78, 5) is 17.5. The smallest absolute Gasteiger partial charge is 0.269 e. The molecule has 0 aliphatic carbocycles. The molecular weight excluding hydrogens is 286 g/mol. The lowest BCUT2D eigenvalue weighted by atomic mass is 10.0. The Labute approximate surface area is 125 Å². The maximum atomic E-state index is 10.8. The van der Waals surface area contributed by atoms with Crippen molar-refractivity contribution < 1.29 is 14.8 Å². The number of ether oxygens (including phenoxy) is 1. The van der Waals surface area contributed by atoms with Crippen LogP contribution in [0, 0.1) is 10.1 Å². The van der Waals surface area contributed by atoms with Crippen LogP contribution in [-0.2, 0) is 0 Å². The minimum atomic E-state index is -0.998. The molecule has 0 aliphatic heterocycles. The molecule has 2 aromatic heterocycles. The van der Waals surface area contributed by atoms with Crippen molar-refractivity contribution in [3.63, 3.8) is 0 Å². The third kappa shape index (κ3) is 2.38. The standard InChI is InChI=1S/C15H13N3O4/c1-22-11-6-12-13(8-17-15(12)16-7-11)14(19)9-3-2-4-10(5-9)18(20)21/h2-8,14,19H,1H3,(H,16,17). The van der Waals surface area contributed by atoms with Crippen molar-refractivity contribution >= 4 is 16.7 Å². The second-order valence-corrected chi connectivity index (χ2v) is 4.77. The number of non-ortho nitro benzene ring substituents is 1. The van der Waals surface area contributed by atoms with Crippen molar-refractivity contribution in [3.8, 4) is 5.75 Å². The van der Waals surface area contributed by atoms with Crippen LogP contribution in [0.5, 0.6) is 5.75 Å². The van der Waals surface area contributed by atoms with E-state index in [2.05, 4.69) is 9.97 Å². The molecule has 1 atom stereocenters. The van der Waals surface area contributed by atoms with E-state index in [1.165, 1.54) is 19.2 Å². The van der Waals surface area contributed by atoms with Crippen molar-refractivity contribution in [2.45, 2.75) is 6.10 Å². The van der Waals surface area contributed by atoms with Crippen molar-refractivity contribution in [1.82, 2.24) is 9.97 Å². The fourth-order valence-electron chi connectivity index (χ4n) is 2.33. The Morgan fingerprint density at radius 1 is 1.41 bits per heavy atom. The summed E-state index contributed by atoms with van der Waals surface area (Å²) in [7, 11) is 1.53. The lowest BCUT2D eigenvalue weighted by molar-refractivity contribution is -0.385. The predicted molar refractivity (Wildman–Crippen MR) is 79.8 cm³/mol. The Balaban J connectivity index is 2.06. The highest BCUT2D eigenvalue weighted by molar-refractivity contribution is 5.81. The number of nitrogens with zero attached hydrogens (tertiary/aromatic N) is 2. The fourth-order valence-corrected chi connectivity index (χ4v) is 2.33. The van der Waals surface area contributed by atoms with Gasteiger partial charge in [0.05, 0.1) is 18.2 Å². The van der Waals surface area contributed by atoms with E-state index >= 15 is 0 Å². The number of hydrogen-bond acceptors (Lipinski definition) is 5. The molecule has 0 aliphatic rings. The number of hydrogen-bond donors (Lipinski definition) is 2. The number of aromatic amines is 1. The van der Waals surface area contributed by atoms with Crippen LogP contribution in [0.4, 0.5) is 5.69 Å². The van der Waals surface area contributed by atoms with Crippen LogP contribution in [-0.4, -0.2) is 27.1 Å². The van der Waals surface area contributed by atoms with Gasteiger partial charge in [-0.25, -0.2) is 4.98 Å². The van der Waals surface area contributed by atoms with E-state index in [-0.39, 0.29) is 5.69 Å². The van der Waals surface area contributed by atoms with Gasteiger partial charge < -0.3 is 14.8 Å². The predicted octanol–water partition coefficient (Wildman–Crippen LogP) is 2.56. The van der Waals surface area contributed by atoms with Crippen molar-refractivity contribution in [2.24, 2.45) is 0 Å². The molecule has 2 N–H and O–H groups in total. The first-order valence-electron chi connectivity index (χ1n) is 6.53. The average molecular weight is 299 g/mol. The van der Waals surface area contributed by atoms with Gasteiger partial charge in [-0.1, -0.05) is 12.1 Å². The molecule has 1 unspecified atom stereocenters. The molecule has 0 radical (unpaired) electrons. The van der Waals surface area contributed by atoms with E-state index in [0.29, 0.717) is 27.9 Å². The summed E-state index contributed by atoms with van der Waals surface area (Å²) in [6, 6.07) is 7.69. The Bertz CT molecular complexity index is 844. The number of nitro benzene ring substituents is 1. The number of methoxy groups -OCH3 is 1. The van der Waals surface area contributed by atoms with Crippen LogP contribution >= 0.6 is 0 Å². The monoisotopic (exact) mass is 299 g/mol. The van der Waals surface area contributed by atoms with Crippen LogP contribution < -0.4 is 4.74 Å². The van der Waals surface area contributed by atoms with Crippen LogP contribution in [0.3, 0.4) is 0 Å². The van der Waals surface area contributed by atoms with Crippen LogP contribution in [0.2, 0.25) is 0 Å². The number of aliphatic hydroxyl groups is 1. The van der Waals surface area contributed by atoms with E-state index < -0.39 is 11.0 Å². The molecule has 22 heavy (non-hydrogen) atoms. The number of fused-ring (bicyclic) bond motifs is 1. The first-order valence-corrected chi connectivity index (χ1v) is 6.53. The zero-order valence-electron chi connectivity index (χ0n) is 11.7. The zero-order chi connectivity index (χ0) is 15.7. The van der Waals surface area contributed by atoms with Gasteiger partial charge in [0.1, 0.15) is 17.5 Å². The molecule has 0 amide bonds. The second kappa shape index (κ2) is 5.45. The highest BCUT2D eigenvalue weighted by Gasteiger charge is 2.18. The van der Waals surface area contributed by atoms with Gasteiger partial charge in [0.2, 0.25) is 0 Å². The molecule has 2 heterocycles. The van der Waals surface area contributed by atoms with E-state index in [1.807, 2.05) is 0 Å². The van der Waals surface area contributed by atoms with Crippen LogP contribution in [0.25, 0.3) is 11.0 Å². The number of nitrogens with one attached hydrogen (secondary N) is 1. The average Bonchev–Trinajstić information content (AvgIpc) is 2.97. The number of H-pyrrole nitrogens is 1. The third-order valence-corrected chi connectivity index (χ3v) is 3.47. The number of pyridine rings is 1. The highest BCUT2D eigenvalue weighted by atomic mass is 16.6. The maximum Gasteiger partial charge on any atom is 0.269 e. The lowest BCUT2D eigenvalue weighted by Crippen LogP contribution is -2.00. The van der Waals surface area contributed by atoms with Gasteiger partial charge >= 0.3 is 0 Å². The van der Waals surface area contributed by atoms with E-state index in [4.69, 9.17) is 4.74 Å². The summed E-state index contributed by atoms with van der Waals surface area (Å²) in [5.41, 5.74) is 1.58. The number of rotatable bonds is 4. The number of nitro groups is 1. The summed E-state index contributed by atoms with van der Waals surface area (Å²) < 4.78 is 5.14. The van der Waals surface area contributed by atoms with Gasteiger partial charge in [-0.05, 0) is 11.6 Å². The quantitative estimate of drug-likeness (QED) is 0.569. The topological polar surface area (TPSA) is 101 Å². The van der Waals surface area contributed by atoms with Gasteiger partial charge in [-0.3, -0.25) is 10.1 Å². The normalized spacial score (nSPS) is 12.3. The fraction of sp³-hybridized carbons (Fsp3) is 0.133. The minimum absolute atomic E-state index is 0.0629. The Morgan fingerprint density at radius 2 is 2.23 bits per heavy atom. The SMILES string of the molecule is COc1cnc2[nH]cc(C(O)c3cccc([N+](=O)[O-])c3)c2c1. The molecule has 3 aromatic rings. The number of aliphatic hydroxyl groups excluding tert-OH is 1. The van der Waals surface area contributed by atoms with Crippen LogP contribution in [0.1, 0.15) is 17.2 Å². The minimum Gasteiger partial charge on any atom is -0.495 e. The Hall–Kier alpha value is -2.93. The summed E-state index contributed by atoms with van der Waals surface area (Å²) in [5.74, 6) is 0.569. The molecule has 0 bridgehead atoms. The first kappa shape index (κ1) is 14.0. The molecule has 0 spiro atoms. The summed E-state index contributed by atoms with van der Waals surface area (Å²) in [6.07, 6.45) is 2.21. The van der Waals surface area contributed by atoms with Crippen molar-refractivity contribution in [3.05, 3.63) is 64.0 Å². The Kier molecular flexibility index (Phi) is 3.48. The molecular formula is C15H13N3O4. The maximum absolute atomic E-state index is 10.8. The molecule has 7 nitrogen and oxygen atoms in total.